The smallest absolute Gasteiger partial charge is 0.153 e. The van der Waals surface area contributed by atoms with Crippen LogP contribution in [-0.4, -0.2) is 6.29 Å². The van der Waals surface area contributed by atoms with Gasteiger partial charge in [-0.3, -0.25) is 4.79 Å². The van der Waals surface area contributed by atoms with E-state index in [-0.39, 0.29) is 0 Å². The van der Waals surface area contributed by atoms with E-state index in [0.717, 1.165) is 17.1 Å². The van der Waals surface area contributed by atoms with Gasteiger partial charge < -0.3 is 4.74 Å². The summed E-state index contributed by atoms with van der Waals surface area (Å²) in [5, 5.41) is 2.52. The molecule has 0 radical (unpaired) electrons. The van der Waals surface area contributed by atoms with Crippen molar-refractivity contribution in [2.45, 2.75) is 0 Å². The third-order valence-corrected chi connectivity index (χ3v) is 3.43. The van der Waals surface area contributed by atoms with E-state index in [4.69, 9.17) is 16.3 Å². The second kappa shape index (κ2) is 5.35. The van der Waals surface area contributed by atoms with Crippen LogP contribution in [0.25, 0.3) is 10.8 Å². The van der Waals surface area contributed by atoms with Crippen molar-refractivity contribution in [2.24, 2.45) is 0 Å². The van der Waals surface area contributed by atoms with Crippen LogP contribution < -0.4 is 4.74 Å². The number of fused-ring (bicyclic) bond motifs is 1. The van der Waals surface area contributed by atoms with Crippen molar-refractivity contribution in [1.29, 1.82) is 0 Å². The monoisotopic (exact) mass is 282 g/mol. The van der Waals surface area contributed by atoms with Crippen molar-refractivity contribution in [1.82, 2.24) is 0 Å². The van der Waals surface area contributed by atoms with Crippen LogP contribution in [0.4, 0.5) is 0 Å². The van der Waals surface area contributed by atoms with Crippen LogP contribution in [0, 0.1) is 0 Å². The largest absolute Gasteiger partial charge is 0.456 e. The third kappa shape index (κ3) is 2.26. The van der Waals surface area contributed by atoms with Gasteiger partial charge >= 0.3 is 0 Å². The minimum absolute atomic E-state index is 0.520. The summed E-state index contributed by atoms with van der Waals surface area (Å²) in [5.74, 6) is 1.22. The van der Waals surface area contributed by atoms with Gasteiger partial charge in [-0.25, -0.2) is 0 Å². The Morgan fingerprint density at radius 3 is 2.30 bits per heavy atom. The lowest BCUT2D eigenvalue weighted by Crippen LogP contribution is -1.91. The predicted octanol–water partition coefficient (Wildman–Crippen LogP) is 5.10. The summed E-state index contributed by atoms with van der Waals surface area (Å²) in [6.45, 7) is 0. The van der Waals surface area contributed by atoms with Crippen molar-refractivity contribution in [3.05, 3.63) is 71.2 Å². The van der Waals surface area contributed by atoms with Gasteiger partial charge in [-0.1, -0.05) is 48.0 Å². The van der Waals surface area contributed by atoms with E-state index in [2.05, 4.69) is 0 Å². The average Bonchev–Trinajstić information content (AvgIpc) is 2.51. The lowest BCUT2D eigenvalue weighted by atomic mass is 10.1. The molecule has 2 nitrogen and oxygen atoms in total. The Balaban J connectivity index is 2.12. The van der Waals surface area contributed by atoms with Crippen LogP contribution in [0.1, 0.15) is 10.4 Å². The summed E-state index contributed by atoms with van der Waals surface area (Å²) < 4.78 is 5.88. The summed E-state index contributed by atoms with van der Waals surface area (Å²) in [5.41, 5.74) is 0.520. The molecule has 0 spiro atoms. The van der Waals surface area contributed by atoms with Crippen molar-refractivity contribution >= 4 is 28.7 Å². The van der Waals surface area contributed by atoms with E-state index in [1.807, 2.05) is 36.4 Å². The van der Waals surface area contributed by atoms with Crippen molar-refractivity contribution in [2.75, 3.05) is 0 Å². The van der Waals surface area contributed by atoms with Crippen LogP contribution in [0.5, 0.6) is 11.5 Å². The fraction of sp³-hybridized carbons (Fsp3) is 0. The van der Waals surface area contributed by atoms with Gasteiger partial charge in [0.1, 0.15) is 11.5 Å². The molecule has 3 heteroatoms. The SMILES string of the molecule is O=Cc1ccccc1Oc1ccc(Cl)c2ccccc12. The topological polar surface area (TPSA) is 26.3 Å². The Kier molecular flexibility index (Phi) is 3.40. The molecule has 3 aromatic rings. The molecule has 0 saturated carbocycles. The molecule has 0 aliphatic carbocycles. The normalized spacial score (nSPS) is 10.4. The first-order valence-electron chi connectivity index (χ1n) is 6.19. The number of rotatable bonds is 3. The van der Waals surface area contributed by atoms with E-state index < -0.39 is 0 Å². The van der Waals surface area contributed by atoms with Gasteiger partial charge in [0.25, 0.3) is 0 Å². The third-order valence-electron chi connectivity index (χ3n) is 3.10. The van der Waals surface area contributed by atoms with Crippen LogP contribution in [0.2, 0.25) is 5.02 Å². The van der Waals surface area contributed by atoms with Gasteiger partial charge in [0, 0.05) is 15.8 Å². The number of ether oxygens (including phenoxy) is 1. The summed E-state index contributed by atoms with van der Waals surface area (Å²) in [4.78, 5) is 11.0. The zero-order valence-corrected chi connectivity index (χ0v) is 11.3. The highest BCUT2D eigenvalue weighted by molar-refractivity contribution is 6.35. The molecular formula is C17H11ClO2. The number of benzene rings is 3. The van der Waals surface area contributed by atoms with Crippen LogP contribution in [0.3, 0.4) is 0 Å². The molecule has 0 saturated heterocycles. The van der Waals surface area contributed by atoms with Gasteiger partial charge in [-0.15, -0.1) is 0 Å². The maximum atomic E-state index is 11.0. The van der Waals surface area contributed by atoms with E-state index in [1.165, 1.54) is 0 Å². The maximum absolute atomic E-state index is 11.0. The summed E-state index contributed by atoms with van der Waals surface area (Å²) in [6, 6.07) is 18.5. The summed E-state index contributed by atoms with van der Waals surface area (Å²) in [6.07, 6.45) is 0.785. The zero-order chi connectivity index (χ0) is 13.9. The highest BCUT2D eigenvalue weighted by Gasteiger charge is 2.08. The molecule has 98 valence electrons. The highest BCUT2D eigenvalue weighted by Crippen LogP contribution is 2.34. The fourth-order valence-electron chi connectivity index (χ4n) is 2.11. The van der Waals surface area contributed by atoms with Crippen molar-refractivity contribution in [3.63, 3.8) is 0 Å². The van der Waals surface area contributed by atoms with E-state index >= 15 is 0 Å². The first-order chi connectivity index (χ1) is 9.79. The molecule has 0 unspecified atom stereocenters. The Bertz CT molecular complexity index is 781. The first kappa shape index (κ1) is 12.7. The standard InChI is InChI=1S/C17H11ClO2/c18-15-9-10-17(14-7-3-2-6-13(14)15)20-16-8-4-1-5-12(16)11-19/h1-11H. The Morgan fingerprint density at radius 1 is 0.800 bits per heavy atom. The molecule has 0 aromatic heterocycles. The predicted molar refractivity (Wildman–Crippen MR) is 80.9 cm³/mol. The number of hydrogen-bond acceptors (Lipinski definition) is 2. The number of aldehydes is 1. The Morgan fingerprint density at radius 2 is 1.50 bits per heavy atom. The number of hydrogen-bond donors (Lipinski definition) is 0. The molecule has 3 rings (SSSR count). The molecular weight excluding hydrogens is 272 g/mol. The van der Waals surface area contributed by atoms with Crippen LogP contribution >= 0.6 is 11.6 Å². The van der Waals surface area contributed by atoms with E-state index in [0.29, 0.717) is 22.1 Å². The quantitative estimate of drug-likeness (QED) is 0.625. The molecule has 0 aliphatic heterocycles. The lowest BCUT2D eigenvalue weighted by Gasteiger charge is -2.11. The molecule has 0 atom stereocenters. The molecule has 3 aromatic carbocycles. The number of carbonyl (C=O) groups excluding carboxylic acids is 1. The molecule has 0 fully saturated rings. The summed E-state index contributed by atoms with van der Waals surface area (Å²) in [7, 11) is 0. The molecule has 0 aliphatic rings. The van der Waals surface area contributed by atoms with E-state index in [9.17, 15) is 4.79 Å². The molecule has 0 amide bonds. The van der Waals surface area contributed by atoms with Crippen LogP contribution in [-0.2, 0) is 0 Å². The second-order valence-electron chi connectivity index (χ2n) is 4.35. The van der Waals surface area contributed by atoms with Crippen molar-refractivity contribution < 1.29 is 9.53 Å². The van der Waals surface area contributed by atoms with Gasteiger partial charge in [-0.2, -0.15) is 0 Å². The number of carbonyl (C=O) groups is 1. The molecule has 0 heterocycles. The Hall–Kier alpha value is -2.32. The molecule has 0 bridgehead atoms. The zero-order valence-electron chi connectivity index (χ0n) is 10.5. The van der Waals surface area contributed by atoms with Gasteiger partial charge in [0.2, 0.25) is 0 Å². The highest BCUT2D eigenvalue weighted by atomic mass is 35.5. The Labute approximate surface area is 121 Å². The minimum atomic E-state index is 0.520. The molecule has 0 N–H and O–H groups in total. The number of halogens is 1. The number of para-hydroxylation sites is 1. The second-order valence-corrected chi connectivity index (χ2v) is 4.76. The van der Waals surface area contributed by atoms with Crippen molar-refractivity contribution in [3.8, 4) is 11.5 Å². The van der Waals surface area contributed by atoms with Crippen LogP contribution in [0.15, 0.2) is 60.7 Å². The average molecular weight is 283 g/mol. The molecule has 20 heavy (non-hydrogen) atoms. The van der Waals surface area contributed by atoms with Gasteiger partial charge in [-0.05, 0) is 24.3 Å². The fourth-order valence-corrected chi connectivity index (χ4v) is 2.34. The lowest BCUT2D eigenvalue weighted by molar-refractivity contribution is 0.112. The summed E-state index contributed by atoms with van der Waals surface area (Å²) >= 11 is 6.18. The minimum Gasteiger partial charge on any atom is -0.456 e. The van der Waals surface area contributed by atoms with Gasteiger partial charge in [0.05, 0.1) is 5.56 Å². The van der Waals surface area contributed by atoms with Gasteiger partial charge in [0.15, 0.2) is 6.29 Å². The first-order valence-corrected chi connectivity index (χ1v) is 6.56. The van der Waals surface area contributed by atoms with E-state index in [1.54, 1.807) is 24.3 Å². The maximum Gasteiger partial charge on any atom is 0.153 e.